The highest BCUT2D eigenvalue weighted by Crippen LogP contribution is 2.24. The topological polar surface area (TPSA) is 92.3 Å². The Morgan fingerprint density at radius 3 is 2.20 bits per heavy atom. The zero-order valence-corrected chi connectivity index (χ0v) is 17.2. The van der Waals surface area contributed by atoms with E-state index < -0.39 is 20.0 Å². The smallest absolute Gasteiger partial charge is 0.261 e. The molecule has 9 heteroatoms. The summed E-state index contributed by atoms with van der Waals surface area (Å²) in [6, 6.07) is 10.5. The number of halogens is 1. The van der Waals surface area contributed by atoms with Gasteiger partial charge in [-0.2, -0.15) is 0 Å². The molecular weight excluding hydrogens is 475 g/mol. The summed E-state index contributed by atoms with van der Waals surface area (Å²) in [6.07, 6.45) is 1.62. The Kier molecular flexibility index (Phi) is 5.11. The van der Waals surface area contributed by atoms with Crippen molar-refractivity contribution in [1.29, 1.82) is 0 Å². The molecule has 0 aromatic heterocycles. The first kappa shape index (κ1) is 18.6. The van der Waals surface area contributed by atoms with E-state index in [0.29, 0.717) is 5.69 Å². The van der Waals surface area contributed by atoms with Gasteiger partial charge in [0.25, 0.3) is 10.0 Å². The number of anilines is 1. The standard InChI is InChI=1S/C16H17IN2O4S2/c1-11-5-6-13(9-16(11)17)19-25(22,23)15-4-2-3-14(10-15)24(20,21)18-12-7-8-12/h2-6,9-10,12,18-19H,7-8H2,1H3. The van der Waals surface area contributed by atoms with Crippen molar-refractivity contribution < 1.29 is 16.8 Å². The Labute approximate surface area is 161 Å². The van der Waals surface area contributed by atoms with Crippen molar-refractivity contribution in [3.05, 3.63) is 51.6 Å². The molecule has 0 aliphatic heterocycles. The Balaban J connectivity index is 1.89. The van der Waals surface area contributed by atoms with E-state index in [1.807, 2.05) is 13.0 Å². The van der Waals surface area contributed by atoms with E-state index in [4.69, 9.17) is 0 Å². The Bertz CT molecular complexity index is 1020. The highest BCUT2D eigenvalue weighted by atomic mass is 127. The number of aryl methyl sites for hydroxylation is 1. The van der Waals surface area contributed by atoms with E-state index in [0.717, 1.165) is 22.0 Å². The fraction of sp³-hybridized carbons (Fsp3) is 0.250. The third-order valence-electron chi connectivity index (χ3n) is 3.75. The lowest BCUT2D eigenvalue weighted by Crippen LogP contribution is -2.26. The molecule has 2 N–H and O–H groups in total. The van der Waals surface area contributed by atoms with Gasteiger partial charge in [0.15, 0.2) is 0 Å². The van der Waals surface area contributed by atoms with Gasteiger partial charge in [-0.3, -0.25) is 4.72 Å². The second-order valence-corrected chi connectivity index (χ2v) is 10.5. The summed E-state index contributed by atoms with van der Waals surface area (Å²) in [7, 11) is -7.59. The van der Waals surface area contributed by atoms with Crippen LogP contribution >= 0.6 is 22.6 Å². The summed E-state index contributed by atoms with van der Waals surface area (Å²) >= 11 is 2.13. The summed E-state index contributed by atoms with van der Waals surface area (Å²) in [6.45, 7) is 1.93. The molecule has 1 fully saturated rings. The molecule has 0 atom stereocenters. The van der Waals surface area contributed by atoms with Gasteiger partial charge in [-0.15, -0.1) is 0 Å². The summed E-state index contributed by atoms with van der Waals surface area (Å²) in [5.74, 6) is 0. The maximum absolute atomic E-state index is 12.6. The van der Waals surface area contributed by atoms with Crippen molar-refractivity contribution in [3.63, 3.8) is 0 Å². The van der Waals surface area contributed by atoms with Crippen LogP contribution in [0.4, 0.5) is 5.69 Å². The van der Waals surface area contributed by atoms with Crippen molar-refractivity contribution in [2.24, 2.45) is 0 Å². The Morgan fingerprint density at radius 1 is 0.960 bits per heavy atom. The van der Waals surface area contributed by atoms with E-state index in [-0.39, 0.29) is 15.8 Å². The van der Waals surface area contributed by atoms with Crippen LogP contribution in [-0.4, -0.2) is 22.9 Å². The van der Waals surface area contributed by atoms with Crippen LogP contribution in [0.15, 0.2) is 52.3 Å². The van der Waals surface area contributed by atoms with Gasteiger partial charge in [-0.25, -0.2) is 21.6 Å². The molecule has 3 rings (SSSR count). The van der Waals surface area contributed by atoms with Gasteiger partial charge in [-0.05, 0) is 78.3 Å². The lowest BCUT2D eigenvalue weighted by Gasteiger charge is -2.11. The number of sulfonamides is 2. The third-order valence-corrected chi connectivity index (χ3v) is 7.81. The average Bonchev–Trinajstić information content (AvgIpc) is 3.34. The highest BCUT2D eigenvalue weighted by molar-refractivity contribution is 14.1. The maximum atomic E-state index is 12.6. The Hall–Kier alpha value is -1.17. The van der Waals surface area contributed by atoms with Gasteiger partial charge in [0.1, 0.15) is 0 Å². The minimum absolute atomic E-state index is 0.0435. The molecule has 1 saturated carbocycles. The molecule has 0 spiro atoms. The zero-order valence-electron chi connectivity index (χ0n) is 13.4. The minimum atomic E-state index is -3.88. The van der Waals surface area contributed by atoms with Gasteiger partial charge in [-0.1, -0.05) is 12.1 Å². The quantitative estimate of drug-likeness (QED) is 0.607. The first-order valence-electron chi connectivity index (χ1n) is 7.59. The fourth-order valence-electron chi connectivity index (χ4n) is 2.17. The second-order valence-electron chi connectivity index (χ2n) is 5.94. The molecule has 0 heterocycles. The molecule has 0 amide bonds. The van der Waals surface area contributed by atoms with Gasteiger partial charge < -0.3 is 0 Å². The van der Waals surface area contributed by atoms with Crippen LogP contribution in [0.5, 0.6) is 0 Å². The lowest BCUT2D eigenvalue weighted by molar-refractivity contribution is 0.580. The molecule has 0 radical (unpaired) electrons. The molecule has 0 saturated heterocycles. The second kappa shape index (κ2) is 6.86. The van der Waals surface area contributed by atoms with Crippen LogP contribution in [-0.2, 0) is 20.0 Å². The van der Waals surface area contributed by atoms with Crippen molar-refractivity contribution in [2.45, 2.75) is 35.6 Å². The van der Waals surface area contributed by atoms with Crippen LogP contribution in [0.2, 0.25) is 0 Å². The van der Waals surface area contributed by atoms with Crippen LogP contribution in [0.1, 0.15) is 18.4 Å². The molecule has 2 aromatic rings. The number of benzene rings is 2. The Morgan fingerprint density at radius 2 is 1.60 bits per heavy atom. The lowest BCUT2D eigenvalue weighted by atomic mass is 10.2. The number of hydrogen-bond donors (Lipinski definition) is 2. The molecule has 0 unspecified atom stereocenters. The average molecular weight is 492 g/mol. The number of hydrogen-bond acceptors (Lipinski definition) is 4. The molecule has 134 valence electrons. The van der Waals surface area contributed by atoms with E-state index >= 15 is 0 Å². The molecule has 0 bridgehead atoms. The number of rotatable bonds is 6. The summed E-state index contributed by atoms with van der Waals surface area (Å²) in [5, 5.41) is 0. The largest absolute Gasteiger partial charge is 0.280 e. The maximum Gasteiger partial charge on any atom is 0.261 e. The highest BCUT2D eigenvalue weighted by Gasteiger charge is 2.28. The van der Waals surface area contributed by atoms with E-state index in [9.17, 15) is 16.8 Å². The van der Waals surface area contributed by atoms with Crippen molar-refractivity contribution in [1.82, 2.24) is 4.72 Å². The third kappa shape index (κ3) is 4.52. The molecule has 2 aromatic carbocycles. The molecule has 25 heavy (non-hydrogen) atoms. The van der Waals surface area contributed by atoms with Crippen molar-refractivity contribution in [3.8, 4) is 0 Å². The van der Waals surface area contributed by atoms with E-state index in [1.54, 1.807) is 12.1 Å². The first-order chi connectivity index (χ1) is 11.7. The molecule has 1 aliphatic carbocycles. The fourth-order valence-corrected chi connectivity index (χ4v) is 5.20. The zero-order chi connectivity index (χ0) is 18.2. The summed E-state index contributed by atoms with van der Waals surface area (Å²) in [5.41, 5.74) is 1.47. The van der Waals surface area contributed by atoms with Gasteiger partial charge in [0, 0.05) is 15.3 Å². The minimum Gasteiger partial charge on any atom is -0.280 e. The van der Waals surface area contributed by atoms with Gasteiger partial charge in [0.2, 0.25) is 10.0 Å². The van der Waals surface area contributed by atoms with Crippen LogP contribution in [0, 0.1) is 10.5 Å². The van der Waals surface area contributed by atoms with E-state index in [1.165, 1.54) is 24.3 Å². The van der Waals surface area contributed by atoms with Gasteiger partial charge in [0.05, 0.1) is 9.79 Å². The van der Waals surface area contributed by atoms with Crippen LogP contribution in [0.25, 0.3) is 0 Å². The molecule has 1 aliphatic rings. The predicted octanol–water partition coefficient (Wildman–Crippen LogP) is 2.84. The van der Waals surface area contributed by atoms with Crippen molar-refractivity contribution >= 4 is 48.3 Å². The van der Waals surface area contributed by atoms with Crippen LogP contribution in [0.3, 0.4) is 0 Å². The van der Waals surface area contributed by atoms with E-state index in [2.05, 4.69) is 32.0 Å². The molecule has 6 nitrogen and oxygen atoms in total. The van der Waals surface area contributed by atoms with Gasteiger partial charge >= 0.3 is 0 Å². The summed E-state index contributed by atoms with van der Waals surface area (Å²) < 4.78 is 55.7. The predicted molar refractivity (Wildman–Crippen MR) is 104 cm³/mol. The summed E-state index contributed by atoms with van der Waals surface area (Å²) in [4.78, 5) is -0.150. The number of nitrogens with one attached hydrogen (secondary N) is 2. The first-order valence-corrected chi connectivity index (χ1v) is 11.6. The SMILES string of the molecule is Cc1ccc(NS(=O)(=O)c2cccc(S(=O)(=O)NC3CC3)c2)cc1I. The normalized spacial score (nSPS) is 15.1. The molecular formula is C16H17IN2O4S2. The van der Waals surface area contributed by atoms with Crippen molar-refractivity contribution in [2.75, 3.05) is 4.72 Å². The monoisotopic (exact) mass is 492 g/mol. The van der Waals surface area contributed by atoms with Crippen LogP contribution < -0.4 is 9.44 Å².